The molecule has 0 aromatic heterocycles. The molecule has 3 N–H and O–H groups in total. The van der Waals surface area contributed by atoms with Gasteiger partial charge in [0, 0.05) is 18.6 Å². The van der Waals surface area contributed by atoms with Crippen LogP contribution in [0.3, 0.4) is 0 Å². The second-order valence-corrected chi connectivity index (χ2v) is 3.89. The largest absolute Gasteiger partial charge is 0.435 e. The molecule has 0 saturated carbocycles. The fourth-order valence-electron chi connectivity index (χ4n) is 1.83. The fourth-order valence-corrected chi connectivity index (χ4v) is 1.83. The first-order valence-electron chi connectivity index (χ1n) is 5.46. The van der Waals surface area contributed by atoms with Crippen molar-refractivity contribution in [2.24, 2.45) is 5.73 Å². The third kappa shape index (κ3) is 3.94. The number of para-hydroxylation sites is 1. The van der Waals surface area contributed by atoms with Gasteiger partial charge in [-0.25, -0.2) is 0 Å². The zero-order chi connectivity index (χ0) is 12.8. The molecular formula is C12H17F2NO2. The molecule has 0 bridgehead atoms. The number of alkyl halides is 2. The van der Waals surface area contributed by atoms with Gasteiger partial charge in [-0.15, -0.1) is 0 Å². The molecule has 0 fully saturated rings. The first-order valence-corrected chi connectivity index (χ1v) is 5.46. The molecule has 3 nitrogen and oxygen atoms in total. The molecule has 2 unspecified atom stereocenters. The molecule has 0 heterocycles. The highest BCUT2D eigenvalue weighted by molar-refractivity contribution is 5.37. The van der Waals surface area contributed by atoms with E-state index in [0.717, 1.165) is 0 Å². The quantitative estimate of drug-likeness (QED) is 0.807. The summed E-state index contributed by atoms with van der Waals surface area (Å²) >= 11 is 0. The van der Waals surface area contributed by atoms with E-state index in [1.165, 1.54) is 6.07 Å². The molecular weight excluding hydrogens is 228 g/mol. The maximum absolute atomic E-state index is 12.2. The van der Waals surface area contributed by atoms with Gasteiger partial charge in [0.1, 0.15) is 5.75 Å². The average Bonchev–Trinajstić information content (AvgIpc) is 2.26. The number of hydrogen-bond donors (Lipinski definition) is 2. The second-order valence-electron chi connectivity index (χ2n) is 3.89. The van der Waals surface area contributed by atoms with Crippen molar-refractivity contribution in [1.82, 2.24) is 0 Å². The number of halogens is 2. The molecule has 0 spiro atoms. The number of rotatable bonds is 6. The van der Waals surface area contributed by atoms with Crippen molar-refractivity contribution >= 4 is 0 Å². The van der Waals surface area contributed by atoms with E-state index in [1.807, 2.05) is 0 Å². The highest BCUT2D eigenvalue weighted by atomic mass is 19.3. The lowest BCUT2D eigenvalue weighted by molar-refractivity contribution is -0.0507. The summed E-state index contributed by atoms with van der Waals surface area (Å²) in [4.78, 5) is 0. The van der Waals surface area contributed by atoms with Crippen LogP contribution in [0.5, 0.6) is 5.75 Å². The van der Waals surface area contributed by atoms with Crippen LogP contribution >= 0.6 is 0 Å². The number of hydrogen-bond acceptors (Lipinski definition) is 3. The lowest BCUT2D eigenvalue weighted by Crippen LogP contribution is -2.26. The Labute approximate surface area is 99.2 Å². The molecule has 0 amide bonds. The van der Waals surface area contributed by atoms with E-state index in [1.54, 1.807) is 25.1 Å². The van der Waals surface area contributed by atoms with Gasteiger partial charge >= 0.3 is 6.61 Å². The van der Waals surface area contributed by atoms with Crippen molar-refractivity contribution in [3.05, 3.63) is 29.8 Å². The molecule has 1 rings (SSSR count). The van der Waals surface area contributed by atoms with Crippen molar-refractivity contribution in [1.29, 1.82) is 0 Å². The van der Waals surface area contributed by atoms with E-state index >= 15 is 0 Å². The predicted molar refractivity (Wildman–Crippen MR) is 61.2 cm³/mol. The van der Waals surface area contributed by atoms with Crippen LogP contribution < -0.4 is 10.5 Å². The van der Waals surface area contributed by atoms with Gasteiger partial charge in [-0.1, -0.05) is 18.2 Å². The maximum Gasteiger partial charge on any atom is 0.387 e. The minimum absolute atomic E-state index is 0.0464. The molecule has 2 atom stereocenters. The molecule has 0 aliphatic heterocycles. The SMILES string of the molecule is CC(N)C(CCO)c1ccccc1OC(F)F. The lowest BCUT2D eigenvalue weighted by atomic mass is 9.89. The number of ether oxygens (including phenoxy) is 1. The average molecular weight is 245 g/mol. The predicted octanol–water partition coefficient (Wildman–Crippen LogP) is 2.10. The van der Waals surface area contributed by atoms with Crippen molar-refractivity contribution in [3.63, 3.8) is 0 Å². The Hall–Kier alpha value is -1.20. The highest BCUT2D eigenvalue weighted by Gasteiger charge is 2.20. The van der Waals surface area contributed by atoms with Gasteiger partial charge in [0.15, 0.2) is 0 Å². The molecule has 96 valence electrons. The molecule has 0 saturated heterocycles. The fraction of sp³-hybridized carbons (Fsp3) is 0.500. The minimum atomic E-state index is -2.86. The van der Waals surface area contributed by atoms with E-state index in [4.69, 9.17) is 10.8 Å². The van der Waals surface area contributed by atoms with Gasteiger partial charge in [0.25, 0.3) is 0 Å². The summed E-state index contributed by atoms with van der Waals surface area (Å²) in [5.41, 5.74) is 6.41. The lowest BCUT2D eigenvalue weighted by Gasteiger charge is -2.22. The number of nitrogens with two attached hydrogens (primary N) is 1. The Bertz CT molecular complexity index is 345. The summed E-state index contributed by atoms with van der Waals surface area (Å²) in [5.74, 6) is -0.0757. The minimum Gasteiger partial charge on any atom is -0.435 e. The summed E-state index contributed by atoms with van der Waals surface area (Å²) in [6.07, 6.45) is 0.418. The Balaban J connectivity index is 3.00. The van der Waals surface area contributed by atoms with Crippen LogP contribution in [0.1, 0.15) is 24.8 Å². The Morgan fingerprint density at radius 1 is 1.35 bits per heavy atom. The van der Waals surface area contributed by atoms with Gasteiger partial charge in [0.2, 0.25) is 0 Å². The summed E-state index contributed by atoms with van der Waals surface area (Å²) < 4.78 is 28.9. The van der Waals surface area contributed by atoms with Crippen LogP contribution in [0.15, 0.2) is 24.3 Å². The standard InChI is InChI=1S/C12H17F2NO2/c1-8(15)9(6-7-16)10-4-2-3-5-11(10)17-12(13)14/h2-5,8-9,12,16H,6-7,15H2,1H3. The van der Waals surface area contributed by atoms with Crippen LogP contribution in [-0.2, 0) is 0 Å². The second kappa shape index (κ2) is 6.51. The van der Waals surface area contributed by atoms with E-state index < -0.39 is 6.61 Å². The maximum atomic E-state index is 12.2. The number of aliphatic hydroxyl groups excluding tert-OH is 1. The first kappa shape index (κ1) is 13.9. The summed E-state index contributed by atoms with van der Waals surface area (Å²) in [6.45, 7) is -1.13. The zero-order valence-corrected chi connectivity index (χ0v) is 9.64. The third-order valence-electron chi connectivity index (χ3n) is 2.61. The van der Waals surface area contributed by atoms with Gasteiger partial charge in [-0.05, 0) is 25.0 Å². The number of benzene rings is 1. The summed E-state index contributed by atoms with van der Waals surface area (Å²) in [5, 5.41) is 8.98. The van der Waals surface area contributed by atoms with Crippen LogP contribution in [0.4, 0.5) is 8.78 Å². The number of aliphatic hydroxyl groups is 1. The Morgan fingerprint density at radius 2 is 2.00 bits per heavy atom. The molecule has 0 aliphatic carbocycles. The van der Waals surface area contributed by atoms with Crippen LogP contribution in [0, 0.1) is 0 Å². The third-order valence-corrected chi connectivity index (χ3v) is 2.61. The van der Waals surface area contributed by atoms with Crippen LogP contribution in [-0.4, -0.2) is 24.4 Å². The van der Waals surface area contributed by atoms with E-state index in [9.17, 15) is 8.78 Å². The van der Waals surface area contributed by atoms with Crippen molar-refractivity contribution in [2.45, 2.75) is 31.9 Å². The van der Waals surface area contributed by atoms with Crippen LogP contribution in [0.2, 0.25) is 0 Å². The highest BCUT2D eigenvalue weighted by Crippen LogP contribution is 2.31. The first-order chi connectivity index (χ1) is 8.06. The summed E-state index contributed by atoms with van der Waals surface area (Å²) in [6, 6.07) is 6.29. The molecule has 17 heavy (non-hydrogen) atoms. The monoisotopic (exact) mass is 245 g/mol. The van der Waals surface area contributed by atoms with Gasteiger partial charge in [-0.2, -0.15) is 8.78 Å². The van der Waals surface area contributed by atoms with Gasteiger partial charge < -0.3 is 15.6 Å². The smallest absolute Gasteiger partial charge is 0.387 e. The Kier molecular flexibility index (Phi) is 5.31. The van der Waals surface area contributed by atoms with Gasteiger partial charge in [0.05, 0.1) is 0 Å². The normalized spacial score (nSPS) is 14.7. The van der Waals surface area contributed by atoms with Crippen molar-refractivity contribution < 1.29 is 18.6 Å². The van der Waals surface area contributed by atoms with Crippen molar-refractivity contribution in [3.8, 4) is 5.75 Å². The van der Waals surface area contributed by atoms with E-state index in [2.05, 4.69) is 4.74 Å². The summed E-state index contributed by atoms with van der Waals surface area (Å²) in [7, 11) is 0. The van der Waals surface area contributed by atoms with Crippen molar-refractivity contribution in [2.75, 3.05) is 6.61 Å². The van der Waals surface area contributed by atoms with Gasteiger partial charge in [-0.3, -0.25) is 0 Å². The van der Waals surface area contributed by atoms with Crippen LogP contribution in [0.25, 0.3) is 0 Å². The molecule has 0 radical (unpaired) electrons. The molecule has 1 aromatic rings. The molecule has 0 aliphatic rings. The topological polar surface area (TPSA) is 55.5 Å². The molecule has 5 heteroatoms. The molecule has 1 aromatic carbocycles. The van der Waals surface area contributed by atoms with E-state index in [0.29, 0.717) is 12.0 Å². The Morgan fingerprint density at radius 3 is 2.53 bits per heavy atom. The van der Waals surface area contributed by atoms with E-state index in [-0.39, 0.29) is 24.3 Å². The zero-order valence-electron chi connectivity index (χ0n) is 9.64.